The maximum Gasteiger partial charge on any atom is 0.124 e. The zero-order valence-electron chi connectivity index (χ0n) is 10.9. The second-order valence-corrected chi connectivity index (χ2v) is 5.67. The standard InChI is InChI=1S/C15H13N3S2/c1-18(11-6-4-5-10(9-11)14(16)19)15-12-7-2-3-8-13(12)17-20-15/h2-9H,1H3,(H2,16,19). The van der Waals surface area contributed by atoms with E-state index in [1.54, 1.807) is 0 Å². The number of aromatic nitrogens is 1. The van der Waals surface area contributed by atoms with Crippen LogP contribution in [0.25, 0.3) is 10.9 Å². The minimum absolute atomic E-state index is 0.411. The lowest BCUT2D eigenvalue weighted by molar-refractivity contribution is 1.24. The molecule has 3 aromatic rings. The van der Waals surface area contributed by atoms with Crippen LogP contribution in [0.4, 0.5) is 10.7 Å². The van der Waals surface area contributed by atoms with Crippen molar-refractivity contribution < 1.29 is 0 Å². The Balaban J connectivity index is 2.06. The summed E-state index contributed by atoms with van der Waals surface area (Å²) in [7, 11) is 2.03. The molecular weight excluding hydrogens is 286 g/mol. The van der Waals surface area contributed by atoms with E-state index < -0.39 is 0 Å². The van der Waals surface area contributed by atoms with Gasteiger partial charge in [-0.15, -0.1) is 0 Å². The number of nitrogens with two attached hydrogens (primary N) is 1. The van der Waals surface area contributed by atoms with E-state index in [0.717, 1.165) is 27.2 Å². The second kappa shape index (κ2) is 5.19. The van der Waals surface area contributed by atoms with Gasteiger partial charge in [0.2, 0.25) is 0 Å². The van der Waals surface area contributed by atoms with Crippen LogP contribution in [0.5, 0.6) is 0 Å². The number of anilines is 2. The summed E-state index contributed by atoms with van der Waals surface area (Å²) in [5, 5.41) is 2.27. The Labute approximate surface area is 126 Å². The van der Waals surface area contributed by atoms with E-state index in [0.29, 0.717) is 4.99 Å². The molecule has 1 heterocycles. The van der Waals surface area contributed by atoms with Crippen LogP contribution in [0.1, 0.15) is 5.56 Å². The Morgan fingerprint density at radius 1 is 1.20 bits per heavy atom. The third kappa shape index (κ3) is 2.26. The van der Waals surface area contributed by atoms with Gasteiger partial charge < -0.3 is 10.6 Å². The van der Waals surface area contributed by atoms with E-state index in [-0.39, 0.29) is 0 Å². The molecule has 0 saturated heterocycles. The SMILES string of the molecule is CN(c1cccc(C(N)=S)c1)c1snc2ccccc12. The van der Waals surface area contributed by atoms with Crippen molar-refractivity contribution in [2.45, 2.75) is 0 Å². The number of fused-ring (bicyclic) bond motifs is 1. The van der Waals surface area contributed by atoms with Crippen LogP contribution in [0, 0.1) is 0 Å². The smallest absolute Gasteiger partial charge is 0.124 e. The van der Waals surface area contributed by atoms with Crippen molar-refractivity contribution in [3.8, 4) is 0 Å². The minimum Gasteiger partial charge on any atom is -0.389 e. The van der Waals surface area contributed by atoms with Crippen LogP contribution in [0.15, 0.2) is 48.5 Å². The summed E-state index contributed by atoms with van der Waals surface area (Å²) in [4.78, 5) is 2.52. The van der Waals surface area contributed by atoms with Gasteiger partial charge in [-0.05, 0) is 35.8 Å². The number of benzene rings is 2. The first-order chi connectivity index (χ1) is 9.66. The molecule has 3 rings (SSSR count). The first-order valence-corrected chi connectivity index (χ1v) is 7.33. The van der Waals surface area contributed by atoms with Crippen LogP contribution < -0.4 is 10.6 Å². The van der Waals surface area contributed by atoms with Crippen LogP contribution in [0.2, 0.25) is 0 Å². The average molecular weight is 299 g/mol. The topological polar surface area (TPSA) is 42.1 Å². The molecule has 0 fully saturated rings. The predicted molar refractivity (Wildman–Crippen MR) is 90.0 cm³/mol. The van der Waals surface area contributed by atoms with Gasteiger partial charge in [-0.25, -0.2) is 0 Å². The monoisotopic (exact) mass is 299 g/mol. The number of hydrogen-bond donors (Lipinski definition) is 1. The average Bonchev–Trinajstić information content (AvgIpc) is 2.90. The maximum atomic E-state index is 5.70. The molecule has 3 nitrogen and oxygen atoms in total. The highest BCUT2D eigenvalue weighted by atomic mass is 32.1. The van der Waals surface area contributed by atoms with Gasteiger partial charge >= 0.3 is 0 Å². The van der Waals surface area contributed by atoms with Crippen molar-refractivity contribution >= 4 is 50.3 Å². The molecule has 100 valence electrons. The van der Waals surface area contributed by atoms with Crippen molar-refractivity contribution in [2.75, 3.05) is 11.9 Å². The summed E-state index contributed by atoms with van der Waals surface area (Å²) in [6.45, 7) is 0. The summed E-state index contributed by atoms with van der Waals surface area (Å²) in [6.07, 6.45) is 0. The lowest BCUT2D eigenvalue weighted by atomic mass is 10.2. The first kappa shape index (κ1) is 13.0. The molecule has 0 radical (unpaired) electrons. The molecule has 2 N–H and O–H groups in total. The lowest BCUT2D eigenvalue weighted by Gasteiger charge is -2.18. The normalized spacial score (nSPS) is 10.7. The third-order valence-corrected chi connectivity index (χ3v) is 4.38. The third-order valence-electron chi connectivity index (χ3n) is 3.19. The molecule has 0 aliphatic heterocycles. The van der Waals surface area contributed by atoms with Gasteiger partial charge in [0.25, 0.3) is 0 Å². The number of thiocarbonyl (C=S) groups is 1. The largest absolute Gasteiger partial charge is 0.389 e. The maximum absolute atomic E-state index is 5.70. The van der Waals surface area contributed by atoms with E-state index in [1.807, 2.05) is 49.5 Å². The fraction of sp³-hybridized carbons (Fsp3) is 0.0667. The molecular formula is C15H13N3S2. The van der Waals surface area contributed by atoms with E-state index in [2.05, 4.69) is 15.3 Å². The van der Waals surface area contributed by atoms with Crippen LogP contribution in [0.3, 0.4) is 0 Å². The highest BCUT2D eigenvalue weighted by molar-refractivity contribution is 7.80. The van der Waals surface area contributed by atoms with Gasteiger partial charge in [0.05, 0.1) is 5.52 Å². The molecule has 20 heavy (non-hydrogen) atoms. The van der Waals surface area contributed by atoms with Crippen LogP contribution in [-0.2, 0) is 0 Å². The van der Waals surface area contributed by atoms with E-state index in [1.165, 1.54) is 11.5 Å². The number of nitrogens with zero attached hydrogens (tertiary/aromatic N) is 2. The van der Waals surface area contributed by atoms with Crippen molar-refractivity contribution in [1.29, 1.82) is 0 Å². The quantitative estimate of drug-likeness (QED) is 0.749. The molecule has 0 aliphatic carbocycles. The Hall–Kier alpha value is -1.98. The van der Waals surface area contributed by atoms with E-state index >= 15 is 0 Å². The highest BCUT2D eigenvalue weighted by Gasteiger charge is 2.12. The van der Waals surface area contributed by atoms with Gasteiger partial charge in [0, 0.05) is 23.7 Å². The molecule has 5 heteroatoms. The molecule has 0 amide bonds. The van der Waals surface area contributed by atoms with E-state index in [9.17, 15) is 0 Å². The summed E-state index contributed by atoms with van der Waals surface area (Å²) in [5.41, 5.74) is 8.63. The number of rotatable bonds is 3. The summed E-state index contributed by atoms with van der Waals surface area (Å²) in [5.74, 6) is 0. The van der Waals surface area contributed by atoms with Gasteiger partial charge in [-0.3, -0.25) is 0 Å². The highest BCUT2D eigenvalue weighted by Crippen LogP contribution is 2.34. The zero-order valence-corrected chi connectivity index (χ0v) is 12.5. The molecule has 2 aromatic carbocycles. The Morgan fingerprint density at radius 2 is 2.00 bits per heavy atom. The molecule has 0 saturated carbocycles. The molecule has 0 unspecified atom stereocenters. The molecule has 0 atom stereocenters. The van der Waals surface area contributed by atoms with Gasteiger partial charge in [0.15, 0.2) is 0 Å². The molecule has 0 spiro atoms. The van der Waals surface area contributed by atoms with Gasteiger partial charge in [-0.1, -0.05) is 36.5 Å². The first-order valence-electron chi connectivity index (χ1n) is 6.15. The predicted octanol–water partition coefficient (Wildman–Crippen LogP) is 3.70. The fourth-order valence-electron chi connectivity index (χ4n) is 2.10. The minimum atomic E-state index is 0.411. The summed E-state index contributed by atoms with van der Waals surface area (Å²) >= 11 is 6.53. The van der Waals surface area contributed by atoms with Crippen LogP contribution >= 0.6 is 23.8 Å². The number of hydrogen-bond acceptors (Lipinski definition) is 4. The Bertz CT molecular complexity index is 779. The lowest BCUT2D eigenvalue weighted by Crippen LogP contribution is -2.12. The fourth-order valence-corrected chi connectivity index (χ4v) is 3.07. The van der Waals surface area contributed by atoms with Crippen molar-refractivity contribution in [1.82, 2.24) is 4.37 Å². The molecule has 0 aliphatic rings. The zero-order chi connectivity index (χ0) is 14.1. The summed E-state index contributed by atoms with van der Waals surface area (Å²) < 4.78 is 4.47. The Morgan fingerprint density at radius 3 is 2.80 bits per heavy atom. The second-order valence-electron chi connectivity index (χ2n) is 4.48. The van der Waals surface area contributed by atoms with Gasteiger partial charge in [0.1, 0.15) is 9.99 Å². The van der Waals surface area contributed by atoms with E-state index in [4.69, 9.17) is 18.0 Å². The van der Waals surface area contributed by atoms with Crippen molar-refractivity contribution in [2.24, 2.45) is 5.73 Å². The van der Waals surface area contributed by atoms with Gasteiger partial charge in [-0.2, -0.15) is 4.37 Å². The van der Waals surface area contributed by atoms with Crippen molar-refractivity contribution in [3.05, 3.63) is 54.1 Å². The molecule has 1 aromatic heterocycles. The molecule has 0 bridgehead atoms. The Kier molecular flexibility index (Phi) is 3.38. The van der Waals surface area contributed by atoms with Crippen molar-refractivity contribution in [3.63, 3.8) is 0 Å². The summed E-state index contributed by atoms with van der Waals surface area (Å²) in [6, 6.07) is 16.1. The van der Waals surface area contributed by atoms with Crippen LogP contribution in [-0.4, -0.2) is 16.4 Å².